The van der Waals surface area contributed by atoms with E-state index in [2.05, 4.69) is 19.9 Å². The molecule has 2 aromatic heterocycles. The van der Waals surface area contributed by atoms with Gasteiger partial charge in [-0.1, -0.05) is 0 Å². The van der Waals surface area contributed by atoms with Gasteiger partial charge in [0.2, 0.25) is 0 Å². The molecule has 130 valence electrons. The number of fused-ring (bicyclic) bond motifs is 2. The van der Waals surface area contributed by atoms with Gasteiger partial charge in [-0.15, -0.1) is 0 Å². The number of nitrogens with two attached hydrogens (primary N) is 4. The van der Waals surface area contributed by atoms with Gasteiger partial charge in [-0.2, -0.15) is 0 Å². The average molecular weight is 342 g/mol. The van der Waals surface area contributed by atoms with Gasteiger partial charge in [-0.25, -0.2) is 9.97 Å². The summed E-state index contributed by atoms with van der Waals surface area (Å²) in [5, 5.41) is 6.89. The molecule has 0 unspecified atom stereocenters. The second-order valence-corrected chi connectivity index (χ2v) is 4.91. The summed E-state index contributed by atoms with van der Waals surface area (Å²) >= 11 is 0. The highest BCUT2D eigenvalue weighted by molar-refractivity contribution is 5.90. The van der Waals surface area contributed by atoms with Crippen molar-refractivity contribution in [3.05, 3.63) is 36.9 Å². The number of aromatic amines is 2. The molecule has 2 heterocycles. The number of carboxylic acid groups (broad SMARTS) is 1. The van der Waals surface area contributed by atoms with Crippen molar-refractivity contribution in [1.29, 1.82) is 0 Å². The molecular weight excluding hydrogens is 324 g/mol. The van der Waals surface area contributed by atoms with Crippen LogP contribution < -0.4 is 22.9 Å². The Morgan fingerprint density at radius 1 is 0.760 bits per heavy atom. The normalized spacial score (nSPS) is 9.76. The number of H-pyrrole nitrogens is 2. The van der Waals surface area contributed by atoms with Gasteiger partial charge in [0.25, 0.3) is 6.47 Å². The molecule has 0 amide bonds. The number of hydrogen-bond donors (Lipinski definition) is 7. The van der Waals surface area contributed by atoms with Crippen molar-refractivity contribution in [1.82, 2.24) is 19.9 Å². The summed E-state index contributed by atoms with van der Waals surface area (Å²) < 4.78 is 0. The van der Waals surface area contributed by atoms with Crippen LogP contribution in [0.2, 0.25) is 0 Å². The predicted molar refractivity (Wildman–Crippen MR) is 98.5 cm³/mol. The zero-order valence-corrected chi connectivity index (χ0v) is 13.1. The first-order valence-corrected chi connectivity index (χ1v) is 7.00. The monoisotopic (exact) mass is 342 g/mol. The maximum atomic E-state index is 8.36. The van der Waals surface area contributed by atoms with Crippen molar-refractivity contribution < 1.29 is 9.90 Å². The van der Waals surface area contributed by atoms with E-state index in [9.17, 15) is 0 Å². The maximum Gasteiger partial charge on any atom is 0.290 e. The van der Waals surface area contributed by atoms with E-state index in [1.54, 1.807) is 24.8 Å². The Balaban J connectivity index is 0.000000159. The van der Waals surface area contributed by atoms with Crippen LogP contribution in [0.4, 0.5) is 22.7 Å². The molecule has 0 saturated carbocycles. The first-order valence-electron chi connectivity index (χ1n) is 7.00. The number of anilines is 4. The van der Waals surface area contributed by atoms with Gasteiger partial charge in [0.15, 0.2) is 0 Å². The second-order valence-electron chi connectivity index (χ2n) is 4.91. The van der Waals surface area contributed by atoms with E-state index in [0.29, 0.717) is 22.7 Å². The highest BCUT2D eigenvalue weighted by Gasteiger charge is 2.00. The van der Waals surface area contributed by atoms with Crippen LogP contribution in [0, 0.1) is 0 Å². The van der Waals surface area contributed by atoms with Crippen molar-refractivity contribution in [3.8, 4) is 0 Å². The summed E-state index contributed by atoms with van der Waals surface area (Å²) in [4.78, 5) is 22.7. The van der Waals surface area contributed by atoms with E-state index >= 15 is 0 Å². The van der Waals surface area contributed by atoms with Crippen LogP contribution in [0.3, 0.4) is 0 Å². The van der Waals surface area contributed by atoms with E-state index in [4.69, 9.17) is 32.8 Å². The molecule has 0 aliphatic rings. The summed E-state index contributed by atoms with van der Waals surface area (Å²) in [5.74, 6) is 0. The molecule has 0 spiro atoms. The van der Waals surface area contributed by atoms with Crippen LogP contribution in [0.25, 0.3) is 22.1 Å². The summed E-state index contributed by atoms with van der Waals surface area (Å²) in [6.45, 7) is -0.250. The third kappa shape index (κ3) is 4.07. The van der Waals surface area contributed by atoms with Crippen molar-refractivity contribution in [3.63, 3.8) is 0 Å². The molecule has 0 aliphatic carbocycles. The van der Waals surface area contributed by atoms with Gasteiger partial charge < -0.3 is 38.0 Å². The molecule has 10 nitrogen and oxygen atoms in total. The van der Waals surface area contributed by atoms with Crippen LogP contribution in [0.1, 0.15) is 0 Å². The standard InChI is InChI=1S/C8H6N4.C6H10N4.CH2O2/c1-5-7(11-3-9-5)2-8-6(1)10-4-12-8;7-3-1-4(8)6(10)2-5(3)9;2-1-3/h1-4H,(H,9,11)(H,10,12);1-2H,7-10H2;1H,(H,2,3). The molecule has 10 heteroatoms. The maximum absolute atomic E-state index is 8.36. The number of aromatic nitrogens is 4. The third-order valence-electron chi connectivity index (χ3n) is 3.25. The van der Waals surface area contributed by atoms with Crippen LogP contribution in [0.5, 0.6) is 0 Å². The van der Waals surface area contributed by atoms with Gasteiger partial charge in [-0.05, 0) is 24.3 Å². The second kappa shape index (κ2) is 7.55. The fourth-order valence-electron chi connectivity index (χ4n) is 2.03. The number of nitrogens with one attached hydrogen (secondary N) is 2. The number of nitrogen functional groups attached to an aromatic ring is 4. The molecule has 25 heavy (non-hydrogen) atoms. The van der Waals surface area contributed by atoms with Crippen LogP contribution in [-0.2, 0) is 4.79 Å². The molecule has 4 aromatic rings. The fourth-order valence-corrected chi connectivity index (χ4v) is 2.03. The Bertz CT molecular complexity index is 851. The van der Waals surface area contributed by atoms with Crippen molar-refractivity contribution >= 4 is 51.3 Å². The summed E-state index contributed by atoms with van der Waals surface area (Å²) in [6.07, 6.45) is 3.37. The number of carbonyl (C=O) groups is 1. The van der Waals surface area contributed by atoms with E-state index in [1.165, 1.54) is 0 Å². The zero-order chi connectivity index (χ0) is 18.4. The lowest BCUT2D eigenvalue weighted by Crippen LogP contribution is -2.00. The highest BCUT2D eigenvalue weighted by Crippen LogP contribution is 2.24. The van der Waals surface area contributed by atoms with Crippen LogP contribution in [-0.4, -0.2) is 31.5 Å². The predicted octanol–water partition coefficient (Wildman–Crippen LogP) is 1.16. The van der Waals surface area contributed by atoms with Crippen molar-refractivity contribution in [2.24, 2.45) is 0 Å². The first kappa shape index (κ1) is 17.4. The molecule has 11 N–H and O–H groups in total. The largest absolute Gasteiger partial charge is 0.483 e. The summed E-state index contributed by atoms with van der Waals surface area (Å²) in [5.41, 5.74) is 27.5. The minimum Gasteiger partial charge on any atom is -0.483 e. The Morgan fingerprint density at radius 2 is 1.12 bits per heavy atom. The Kier molecular flexibility index (Phi) is 5.25. The fraction of sp³-hybridized carbons (Fsp3) is 0. The van der Waals surface area contributed by atoms with Crippen LogP contribution in [0.15, 0.2) is 36.9 Å². The summed E-state index contributed by atoms with van der Waals surface area (Å²) in [7, 11) is 0. The molecular formula is C15H18N8O2. The number of rotatable bonds is 0. The van der Waals surface area contributed by atoms with Crippen molar-refractivity contribution in [2.45, 2.75) is 0 Å². The number of nitrogens with zero attached hydrogens (tertiary/aromatic N) is 2. The zero-order valence-electron chi connectivity index (χ0n) is 13.1. The molecule has 0 saturated heterocycles. The molecule has 0 atom stereocenters. The molecule has 0 bridgehead atoms. The minimum atomic E-state index is -0.250. The number of imidazole rings is 2. The lowest BCUT2D eigenvalue weighted by Gasteiger charge is -2.03. The van der Waals surface area contributed by atoms with E-state index < -0.39 is 0 Å². The number of hydrogen-bond acceptors (Lipinski definition) is 7. The molecule has 0 aliphatic heterocycles. The highest BCUT2D eigenvalue weighted by atomic mass is 16.3. The van der Waals surface area contributed by atoms with Gasteiger partial charge in [-0.3, -0.25) is 4.79 Å². The smallest absolute Gasteiger partial charge is 0.290 e. The Labute approximate surface area is 141 Å². The Morgan fingerprint density at radius 3 is 1.48 bits per heavy atom. The van der Waals surface area contributed by atoms with Gasteiger partial charge in [0.05, 0.1) is 57.5 Å². The van der Waals surface area contributed by atoms with E-state index in [1.807, 2.05) is 12.1 Å². The Hall–Kier alpha value is -3.95. The van der Waals surface area contributed by atoms with Gasteiger partial charge >= 0.3 is 0 Å². The quantitative estimate of drug-likeness (QED) is 0.182. The molecule has 0 radical (unpaired) electrons. The topological polar surface area (TPSA) is 199 Å². The molecule has 0 fully saturated rings. The minimum absolute atomic E-state index is 0.250. The van der Waals surface area contributed by atoms with Crippen molar-refractivity contribution in [2.75, 3.05) is 22.9 Å². The molecule has 4 rings (SSSR count). The SMILES string of the molecule is Nc1cc(N)c(N)cc1N.O=CO.c1nc2cc3nc[nH]c3cc2[nH]1. The first-order chi connectivity index (χ1) is 12.0. The lowest BCUT2D eigenvalue weighted by atomic mass is 10.2. The number of benzene rings is 2. The van der Waals surface area contributed by atoms with E-state index in [0.717, 1.165) is 22.1 Å². The van der Waals surface area contributed by atoms with Gasteiger partial charge in [0.1, 0.15) is 0 Å². The molecule has 2 aromatic carbocycles. The van der Waals surface area contributed by atoms with Gasteiger partial charge in [0, 0.05) is 0 Å². The van der Waals surface area contributed by atoms with E-state index in [-0.39, 0.29) is 6.47 Å². The third-order valence-corrected chi connectivity index (χ3v) is 3.25. The summed E-state index contributed by atoms with van der Waals surface area (Å²) in [6, 6.07) is 7.05. The van der Waals surface area contributed by atoms with Crippen LogP contribution >= 0.6 is 0 Å². The lowest BCUT2D eigenvalue weighted by molar-refractivity contribution is -0.122. The average Bonchev–Trinajstić information content (AvgIpc) is 3.20.